The third-order valence-corrected chi connectivity index (χ3v) is 9.68. The highest BCUT2D eigenvalue weighted by Gasteiger charge is 2.18. The fourth-order valence-corrected chi connectivity index (χ4v) is 7.42. The molecule has 0 atom stereocenters. The van der Waals surface area contributed by atoms with Crippen molar-refractivity contribution in [3.05, 3.63) is 190 Å². The second kappa shape index (κ2) is 11.8. The minimum Gasteiger partial charge on any atom is -0.309 e. The summed E-state index contributed by atoms with van der Waals surface area (Å²) in [6.07, 6.45) is 0. The Balaban J connectivity index is 1.25. The van der Waals surface area contributed by atoms with E-state index in [0.717, 1.165) is 55.7 Å². The number of benzene rings is 7. The van der Waals surface area contributed by atoms with E-state index in [2.05, 4.69) is 108 Å². The standard InChI is InChI=1S/C47H32N2O/c1-31-23-27-43-39(29-31)40-30-32(2)24-28-44(40)49(43)41-20-10-7-14-34(41)26-25-33-13-6-8-17-36(33)37-19-12-22-45-46(37)47(50)38-18-9-11-21-42(38)48(45)35-15-4-3-5-16-35/h3-24,27-30H,1-2H3. The van der Waals surface area contributed by atoms with E-state index in [1.165, 1.54) is 21.9 Å². The van der Waals surface area contributed by atoms with Gasteiger partial charge in [0, 0.05) is 33.0 Å². The van der Waals surface area contributed by atoms with Gasteiger partial charge in [0.05, 0.1) is 33.1 Å². The molecule has 3 heteroatoms. The number of pyridine rings is 1. The van der Waals surface area contributed by atoms with Crippen LogP contribution in [-0.4, -0.2) is 9.13 Å². The van der Waals surface area contributed by atoms with Crippen LogP contribution in [-0.2, 0) is 0 Å². The molecular formula is C47H32N2O. The molecule has 2 aromatic heterocycles. The average molecular weight is 641 g/mol. The molecule has 0 saturated carbocycles. The monoisotopic (exact) mass is 640 g/mol. The Bertz CT molecular complexity index is 2860. The van der Waals surface area contributed by atoms with Gasteiger partial charge < -0.3 is 9.13 Å². The molecule has 0 aliphatic rings. The van der Waals surface area contributed by atoms with Crippen LogP contribution < -0.4 is 5.43 Å². The third-order valence-electron chi connectivity index (χ3n) is 9.68. The first kappa shape index (κ1) is 29.5. The summed E-state index contributed by atoms with van der Waals surface area (Å²) in [6.45, 7) is 4.29. The van der Waals surface area contributed by atoms with Gasteiger partial charge in [0.2, 0.25) is 0 Å². The lowest BCUT2D eigenvalue weighted by atomic mass is 9.94. The molecule has 0 amide bonds. The number of fused-ring (bicyclic) bond motifs is 5. The highest BCUT2D eigenvalue weighted by molar-refractivity contribution is 6.10. The maximum Gasteiger partial charge on any atom is 0.197 e. The van der Waals surface area contributed by atoms with Crippen molar-refractivity contribution < 1.29 is 0 Å². The molecule has 7 aromatic carbocycles. The van der Waals surface area contributed by atoms with Gasteiger partial charge in [0.15, 0.2) is 5.43 Å². The normalized spacial score (nSPS) is 11.3. The zero-order valence-corrected chi connectivity index (χ0v) is 27.8. The van der Waals surface area contributed by atoms with Gasteiger partial charge in [0.25, 0.3) is 0 Å². The second-order valence-corrected chi connectivity index (χ2v) is 12.9. The lowest BCUT2D eigenvalue weighted by Gasteiger charge is -2.17. The fraction of sp³-hybridized carbons (Fsp3) is 0.0426. The predicted octanol–water partition coefficient (Wildman–Crippen LogP) is 10.9. The highest BCUT2D eigenvalue weighted by atomic mass is 16.1. The molecule has 0 spiro atoms. The van der Waals surface area contributed by atoms with Gasteiger partial charge in [-0.05, 0) is 97.8 Å². The quantitative estimate of drug-likeness (QED) is 0.139. The summed E-state index contributed by atoms with van der Waals surface area (Å²) in [4.78, 5) is 14.3. The van der Waals surface area contributed by atoms with Crippen LogP contribution in [0.4, 0.5) is 0 Å². The second-order valence-electron chi connectivity index (χ2n) is 12.9. The number of para-hydroxylation sites is 3. The van der Waals surface area contributed by atoms with Crippen LogP contribution in [0.1, 0.15) is 22.3 Å². The van der Waals surface area contributed by atoms with Crippen molar-refractivity contribution in [2.75, 3.05) is 0 Å². The van der Waals surface area contributed by atoms with Crippen molar-refractivity contribution in [1.82, 2.24) is 9.13 Å². The van der Waals surface area contributed by atoms with Crippen LogP contribution in [0, 0.1) is 25.7 Å². The van der Waals surface area contributed by atoms with Gasteiger partial charge in [-0.1, -0.05) is 108 Å². The Hall–Kier alpha value is -6.63. The Labute approximate surface area is 290 Å². The van der Waals surface area contributed by atoms with Crippen molar-refractivity contribution in [2.45, 2.75) is 13.8 Å². The summed E-state index contributed by atoms with van der Waals surface area (Å²) in [5, 5.41) is 3.84. The van der Waals surface area contributed by atoms with Gasteiger partial charge >= 0.3 is 0 Å². The highest BCUT2D eigenvalue weighted by Crippen LogP contribution is 2.35. The molecule has 0 saturated heterocycles. The lowest BCUT2D eigenvalue weighted by Crippen LogP contribution is -2.11. The van der Waals surface area contributed by atoms with E-state index in [4.69, 9.17) is 0 Å². The number of hydrogen-bond acceptors (Lipinski definition) is 1. The molecule has 0 bridgehead atoms. The molecule has 2 heterocycles. The predicted molar refractivity (Wildman–Crippen MR) is 209 cm³/mol. The van der Waals surface area contributed by atoms with Gasteiger partial charge in [0.1, 0.15) is 0 Å². The van der Waals surface area contributed by atoms with Crippen LogP contribution in [0.15, 0.2) is 163 Å². The first-order valence-corrected chi connectivity index (χ1v) is 16.9. The van der Waals surface area contributed by atoms with Crippen molar-refractivity contribution in [3.8, 4) is 34.3 Å². The number of hydrogen-bond donors (Lipinski definition) is 0. The van der Waals surface area contributed by atoms with Crippen molar-refractivity contribution >= 4 is 43.6 Å². The minimum absolute atomic E-state index is 0.0170. The maximum atomic E-state index is 14.3. The van der Waals surface area contributed by atoms with E-state index < -0.39 is 0 Å². The topological polar surface area (TPSA) is 26.9 Å². The molecule has 50 heavy (non-hydrogen) atoms. The molecular weight excluding hydrogens is 609 g/mol. The third kappa shape index (κ3) is 4.73. The Morgan fingerprint density at radius 3 is 1.76 bits per heavy atom. The maximum absolute atomic E-state index is 14.3. The van der Waals surface area contributed by atoms with Crippen LogP contribution in [0.3, 0.4) is 0 Å². The molecule has 0 fully saturated rings. The smallest absolute Gasteiger partial charge is 0.197 e. The number of rotatable bonds is 3. The zero-order valence-electron chi connectivity index (χ0n) is 27.8. The summed E-state index contributed by atoms with van der Waals surface area (Å²) in [7, 11) is 0. The molecule has 0 aliphatic heterocycles. The molecule has 9 rings (SSSR count). The molecule has 236 valence electrons. The summed E-state index contributed by atoms with van der Waals surface area (Å²) in [5.74, 6) is 7.10. The van der Waals surface area contributed by atoms with Gasteiger partial charge in [-0.25, -0.2) is 0 Å². The van der Waals surface area contributed by atoms with E-state index in [9.17, 15) is 4.79 Å². The molecule has 0 N–H and O–H groups in total. The first-order chi connectivity index (χ1) is 24.6. The zero-order chi connectivity index (χ0) is 33.8. The van der Waals surface area contributed by atoms with Crippen LogP contribution >= 0.6 is 0 Å². The van der Waals surface area contributed by atoms with Gasteiger partial charge in [-0.15, -0.1) is 0 Å². The summed E-state index contributed by atoms with van der Waals surface area (Å²) in [6, 6.07) is 54.1. The van der Waals surface area contributed by atoms with Crippen molar-refractivity contribution in [3.63, 3.8) is 0 Å². The number of aromatic nitrogens is 2. The van der Waals surface area contributed by atoms with Crippen LogP contribution in [0.25, 0.3) is 66.1 Å². The Morgan fingerprint density at radius 1 is 0.440 bits per heavy atom. The minimum atomic E-state index is 0.0170. The lowest BCUT2D eigenvalue weighted by molar-refractivity contribution is 1.16. The number of aryl methyl sites for hydroxylation is 2. The van der Waals surface area contributed by atoms with Crippen LogP contribution in [0.2, 0.25) is 0 Å². The van der Waals surface area contributed by atoms with E-state index in [1.54, 1.807) is 0 Å². The average Bonchev–Trinajstić information content (AvgIpc) is 3.47. The van der Waals surface area contributed by atoms with E-state index in [1.807, 2.05) is 84.9 Å². The van der Waals surface area contributed by atoms with Gasteiger partial charge in [-0.2, -0.15) is 0 Å². The molecule has 0 radical (unpaired) electrons. The SMILES string of the molecule is Cc1ccc2c(c1)c1cc(C)ccc1n2-c1ccccc1C#Cc1ccccc1-c1cccc2c1c(=O)c1ccccc1n2-c1ccccc1. The van der Waals surface area contributed by atoms with Crippen molar-refractivity contribution in [1.29, 1.82) is 0 Å². The largest absolute Gasteiger partial charge is 0.309 e. The molecule has 9 aromatic rings. The van der Waals surface area contributed by atoms with Crippen molar-refractivity contribution in [2.24, 2.45) is 0 Å². The molecule has 0 aliphatic carbocycles. The fourth-order valence-electron chi connectivity index (χ4n) is 7.42. The van der Waals surface area contributed by atoms with E-state index in [-0.39, 0.29) is 5.43 Å². The summed E-state index contributed by atoms with van der Waals surface area (Å²) >= 11 is 0. The number of nitrogens with zero attached hydrogens (tertiary/aromatic N) is 2. The summed E-state index contributed by atoms with van der Waals surface area (Å²) < 4.78 is 4.52. The van der Waals surface area contributed by atoms with E-state index in [0.29, 0.717) is 10.8 Å². The Kier molecular flexibility index (Phi) is 6.97. The summed E-state index contributed by atoms with van der Waals surface area (Å²) in [5.41, 5.74) is 12.2. The van der Waals surface area contributed by atoms with E-state index >= 15 is 0 Å². The molecule has 0 unspecified atom stereocenters. The van der Waals surface area contributed by atoms with Crippen LogP contribution in [0.5, 0.6) is 0 Å². The van der Waals surface area contributed by atoms with Gasteiger partial charge in [-0.3, -0.25) is 4.79 Å². The molecule has 3 nitrogen and oxygen atoms in total. The first-order valence-electron chi connectivity index (χ1n) is 16.9. The Morgan fingerprint density at radius 2 is 1.00 bits per heavy atom.